The number of phenols is 1. The molecule has 1 amide bonds. The van der Waals surface area contributed by atoms with Crippen molar-refractivity contribution in [2.45, 2.75) is 123 Å². The van der Waals surface area contributed by atoms with E-state index in [0.29, 0.717) is 18.6 Å². The fourth-order valence-electron chi connectivity index (χ4n) is 5.16. The van der Waals surface area contributed by atoms with E-state index in [1.165, 1.54) is 0 Å². The van der Waals surface area contributed by atoms with Gasteiger partial charge in [-0.1, -0.05) is 53.7 Å². The molecule has 1 heterocycles. The van der Waals surface area contributed by atoms with Crippen LogP contribution in [-0.2, 0) is 31.6 Å². The first-order valence-electron chi connectivity index (χ1n) is 12.4. The molecule has 1 saturated heterocycles. The SMILES string of the molecule is CC1(C)CC(NC(=O)C(=O)OCCCc2cc(C(C)(C)C)c(O)c(C(C)(C)C)c2)CC(C)(C)N1. The van der Waals surface area contributed by atoms with Gasteiger partial charge in [-0.05, 0) is 80.9 Å². The molecule has 34 heavy (non-hydrogen) atoms. The van der Waals surface area contributed by atoms with E-state index in [0.717, 1.165) is 29.5 Å². The van der Waals surface area contributed by atoms with Gasteiger partial charge in [0.15, 0.2) is 0 Å². The molecule has 0 aromatic heterocycles. The van der Waals surface area contributed by atoms with Gasteiger partial charge in [0.05, 0.1) is 6.61 Å². The van der Waals surface area contributed by atoms with Crippen LogP contribution < -0.4 is 10.6 Å². The van der Waals surface area contributed by atoms with Gasteiger partial charge in [0.25, 0.3) is 0 Å². The summed E-state index contributed by atoms with van der Waals surface area (Å²) in [4.78, 5) is 24.7. The third-order valence-corrected chi connectivity index (χ3v) is 6.34. The summed E-state index contributed by atoms with van der Waals surface area (Å²) in [7, 11) is 0. The van der Waals surface area contributed by atoms with Crippen LogP contribution in [0, 0.1) is 0 Å². The minimum Gasteiger partial charge on any atom is -0.507 e. The number of phenolic OH excluding ortho intramolecular Hbond substituents is 1. The summed E-state index contributed by atoms with van der Waals surface area (Å²) in [5.41, 5.74) is 2.30. The molecule has 6 nitrogen and oxygen atoms in total. The Balaban J connectivity index is 1.95. The van der Waals surface area contributed by atoms with Crippen molar-refractivity contribution in [3.05, 3.63) is 28.8 Å². The molecule has 0 radical (unpaired) electrons. The second kappa shape index (κ2) is 9.88. The number of aromatic hydroxyl groups is 1. The highest BCUT2D eigenvalue weighted by molar-refractivity contribution is 6.32. The van der Waals surface area contributed by atoms with Crippen molar-refractivity contribution in [3.63, 3.8) is 0 Å². The van der Waals surface area contributed by atoms with Gasteiger partial charge in [-0.25, -0.2) is 4.79 Å². The summed E-state index contributed by atoms with van der Waals surface area (Å²) in [5, 5.41) is 17.3. The fraction of sp³-hybridized carbons (Fsp3) is 0.714. The van der Waals surface area contributed by atoms with Gasteiger partial charge < -0.3 is 20.5 Å². The van der Waals surface area contributed by atoms with E-state index in [2.05, 4.69) is 79.9 Å². The molecular formula is C28H46N2O4. The van der Waals surface area contributed by atoms with Crippen LogP contribution in [0.1, 0.15) is 105 Å². The number of aryl methyl sites for hydroxylation is 1. The highest BCUT2D eigenvalue weighted by atomic mass is 16.5. The molecule has 0 spiro atoms. The van der Waals surface area contributed by atoms with Crippen molar-refractivity contribution in [1.82, 2.24) is 10.6 Å². The van der Waals surface area contributed by atoms with Gasteiger partial charge in [0, 0.05) is 17.1 Å². The summed E-state index contributed by atoms with van der Waals surface area (Å²) < 4.78 is 5.27. The largest absolute Gasteiger partial charge is 0.507 e. The zero-order chi connectivity index (χ0) is 26.1. The van der Waals surface area contributed by atoms with Gasteiger partial charge in [0.2, 0.25) is 0 Å². The van der Waals surface area contributed by atoms with Crippen LogP contribution in [0.25, 0.3) is 0 Å². The first-order valence-corrected chi connectivity index (χ1v) is 12.4. The highest BCUT2D eigenvalue weighted by Gasteiger charge is 2.38. The predicted molar refractivity (Wildman–Crippen MR) is 137 cm³/mol. The average Bonchev–Trinajstić information content (AvgIpc) is 2.61. The van der Waals surface area contributed by atoms with E-state index < -0.39 is 11.9 Å². The van der Waals surface area contributed by atoms with E-state index in [1.54, 1.807) is 0 Å². The van der Waals surface area contributed by atoms with E-state index >= 15 is 0 Å². The molecule has 3 N–H and O–H groups in total. The fourth-order valence-corrected chi connectivity index (χ4v) is 5.16. The first-order chi connectivity index (χ1) is 15.3. The van der Waals surface area contributed by atoms with E-state index in [1.807, 2.05) is 12.1 Å². The number of ether oxygens (including phenoxy) is 1. The normalized spacial score (nSPS) is 18.4. The summed E-state index contributed by atoms with van der Waals surface area (Å²) in [6, 6.07) is 4.01. The lowest BCUT2D eigenvalue weighted by Gasteiger charge is -2.46. The number of carbonyl (C=O) groups excluding carboxylic acids is 2. The highest BCUT2D eigenvalue weighted by Crippen LogP contribution is 2.40. The van der Waals surface area contributed by atoms with E-state index in [9.17, 15) is 14.7 Å². The van der Waals surface area contributed by atoms with Crippen molar-refractivity contribution in [3.8, 4) is 5.75 Å². The van der Waals surface area contributed by atoms with Crippen molar-refractivity contribution in [2.75, 3.05) is 6.61 Å². The van der Waals surface area contributed by atoms with Gasteiger partial charge in [-0.2, -0.15) is 0 Å². The van der Waals surface area contributed by atoms with Gasteiger partial charge >= 0.3 is 11.9 Å². The maximum atomic E-state index is 12.4. The zero-order valence-electron chi connectivity index (χ0n) is 22.9. The van der Waals surface area contributed by atoms with Gasteiger partial charge in [0.1, 0.15) is 5.75 Å². The third kappa shape index (κ3) is 7.72. The van der Waals surface area contributed by atoms with Crippen molar-refractivity contribution < 1.29 is 19.4 Å². The second-order valence-corrected chi connectivity index (χ2v) is 13.3. The quantitative estimate of drug-likeness (QED) is 0.321. The van der Waals surface area contributed by atoms with Crippen LogP contribution in [0.4, 0.5) is 0 Å². The van der Waals surface area contributed by atoms with Crippen LogP contribution in [0.5, 0.6) is 5.75 Å². The van der Waals surface area contributed by atoms with Crippen molar-refractivity contribution >= 4 is 11.9 Å². The third-order valence-electron chi connectivity index (χ3n) is 6.34. The Labute approximate surface area is 206 Å². The van der Waals surface area contributed by atoms with Crippen LogP contribution in [0.15, 0.2) is 12.1 Å². The topological polar surface area (TPSA) is 87.7 Å². The van der Waals surface area contributed by atoms with Crippen LogP contribution in [0.3, 0.4) is 0 Å². The smallest absolute Gasteiger partial charge is 0.396 e. The molecular weight excluding hydrogens is 428 g/mol. The standard InChI is InChI=1S/C28H46N2O4/c1-25(2,3)20-14-18(15-21(22(20)31)26(4,5)6)12-11-13-34-24(33)23(32)29-19-16-27(7,8)30-28(9,10)17-19/h14-15,19,30-31H,11-13,16-17H2,1-10H3,(H,29,32). The molecule has 6 heteroatoms. The van der Waals surface area contributed by atoms with E-state index in [-0.39, 0.29) is 34.6 Å². The van der Waals surface area contributed by atoms with Crippen molar-refractivity contribution in [2.24, 2.45) is 0 Å². The lowest BCUT2D eigenvalue weighted by atomic mass is 9.78. The van der Waals surface area contributed by atoms with Crippen LogP contribution in [-0.4, -0.2) is 40.7 Å². The van der Waals surface area contributed by atoms with Crippen molar-refractivity contribution in [1.29, 1.82) is 0 Å². The molecule has 192 valence electrons. The molecule has 0 unspecified atom stereocenters. The van der Waals surface area contributed by atoms with E-state index in [4.69, 9.17) is 4.74 Å². The number of hydrogen-bond acceptors (Lipinski definition) is 5. The monoisotopic (exact) mass is 474 g/mol. The zero-order valence-corrected chi connectivity index (χ0v) is 22.9. The lowest BCUT2D eigenvalue weighted by Crippen LogP contribution is -2.62. The summed E-state index contributed by atoms with van der Waals surface area (Å²) in [5.74, 6) is -1.14. The summed E-state index contributed by atoms with van der Waals surface area (Å²) in [6.07, 6.45) is 2.80. The summed E-state index contributed by atoms with van der Waals surface area (Å²) in [6.45, 7) is 21.1. The van der Waals surface area contributed by atoms with Crippen LogP contribution in [0.2, 0.25) is 0 Å². The number of esters is 1. The summed E-state index contributed by atoms with van der Waals surface area (Å²) >= 11 is 0. The molecule has 0 aliphatic carbocycles. The molecule has 1 aliphatic rings. The number of piperidine rings is 1. The number of rotatable bonds is 5. The average molecular weight is 475 g/mol. The Kier molecular flexibility index (Phi) is 8.19. The number of hydrogen-bond donors (Lipinski definition) is 3. The Bertz CT molecular complexity index is 853. The predicted octanol–water partition coefficient (Wildman–Crippen LogP) is 4.89. The molecule has 0 atom stereocenters. The Morgan fingerprint density at radius 3 is 1.91 bits per heavy atom. The molecule has 2 rings (SSSR count). The first kappa shape index (κ1) is 28.2. The molecule has 0 saturated carbocycles. The Hall–Kier alpha value is -2.08. The number of carbonyl (C=O) groups is 2. The number of benzene rings is 1. The molecule has 1 aliphatic heterocycles. The second-order valence-electron chi connectivity index (χ2n) is 13.3. The number of nitrogens with one attached hydrogen (secondary N) is 2. The Morgan fingerprint density at radius 1 is 1.00 bits per heavy atom. The Morgan fingerprint density at radius 2 is 1.47 bits per heavy atom. The molecule has 1 aromatic rings. The van der Waals surface area contributed by atoms with Crippen LogP contribution >= 0.6 is 0 Å². The minimum atomic E-state index is -0.828. The maximum absolute atomic E-state index is 12.4. The van der Waals surface area contributed by atoms with Gasteiger partial charge in [-0.3, -0.25) is 4.79 Å². The lowest BCUT2D eigenvalue weighted by molar-refractivity contribution is -0.155. The molecule has 1 fully saturated rings. The number of amides is 1. The molecule has 0 bridgehead atoms. The minimum absolute atomic E-state index is 0.0741. The molecule has 1 aromatic carbocycles. The maximum Gasteiger partial charge on any atom is 0.396 e. The van der Waals surface area contributed by atoms with Gasteiger partial charge in [-0.15, -0.1) is 0 Å².